The van der Waals surface area contributed by atoms with Crippen molar-refractivity contribution in [3.8, 4) is 0 Å². The third kappa shape index (κ3) is 5.01. The fourth-order valence-electron chi connectivity index (χ4n) is 4.82. The molecule has 0 spiro atoms. The second-order valence-corrected chi connectivity index (χ2v) is 10.1. The molecule has 174 valence electrons. The normalized spacial score (nSPS) is 20.2. The van der Waals surface area contributed by atoms with Crippen molar-refractivity contribution in [2.75, 3.05) is 29.6 Å². The zero-order valence-electron chi connectivity index (χ0n) is 19.1. The van der Waals surface area contributed by atoms with E-state index >= 15 is 0 Å². The molecule has 0 saturated heterocycles. The number of aryl methyl sites for hydroxylation is 1. The van der Waals surface area contributed by atoms with Gasteiger partial charge in [-0.15, -0.1) is 0 Å². The number of hydrogen-bond acceptors (Lipinski definition) is 8. The molecule has 0 radical (unpaired) electrons. The van der Waals surface area contributed by atoms with E-state index in [1.165, 1.54) is 35.8 Å². The lowest BCUT2D eigenvalue weighted by atomic mass is 9.91. The van der Waals surface area contributed by atoms with Crippen molar-refractivity contribution in [3.05, 3.63) is 29.5 Å². The maximum absolute atomic E-state index is 5.58. The van der Waals surface area contributed by atoms with Gasteiger partial charge in [-0.1, -0.05) is 6.07 Å². The van der Waals surface area contributed by atoms with Crippen LogP contribution in [-0.4, -0.2) is 50.0 Å². The Bertz CT molecular complexity index is 1140. The molecule has 3 aromatic rings. The summed E-state index contributed by atoms with van der Waals surface area (Å²) in [5.74, 6) is 1.84. The summed E-state index contributed by atoms with van der Waals surface area (Å²) in [6.45, 7) is 0. The number of benzene rings is 1. The molecule has 10 heteroatoms. The molecule has 2 aromatic heterocycles. The number of fused-ring (bicyclic) bond motifs is 2. The van der Waals surface area contributed by atoms with Gasteiger partial charge in [-0.3, -0.25) is 0 Å². The van der Waals surface area contributed by atoms with Crippen LogP contribution in [-0.2, 0) is 12.8 Å². The molecule has 2 heterocycles. The lowest BCUT2D eigenvalue weighted by molar-refractivity contribution is 0.387. The molecular formula is C23H30N8S2. The predicted octanol–water partition coefficient (Wildman–Crippen LogP) is 4.14. The Kier molecular flexibility index (Phi) is 6.55. The molecule has 2 aliphatic rings. The van der Waals surface area contributed by atoms with Gasteiger partial charge in [0.15, 0.2) is 5.11 Å². The van der Waals surface area contributed by atoms with Crippen LogP contribution in [0.15, 0.2) is 18.2 Å². The average molecular weight is 483 g/mol. The van der Waals surface area contributed by atoms with E-state index in [1.54, 1.807) is 0 Å². The summed E-state index contributed by atoms with van der Waals surface area (Å²) in [5.41, 5.74) is 5.20. The summed E-state index contributed by atoms with van der Waals surface area (Å²) < 4.78 is 8.66. The number of nitrogens with one attached hydrogen (secondary N) is 3. The molecule has 1 fully saturated rings. The van der Waals surface area contributed by atoms with Crippen LogP contribution >= 0.6 is 23.9 Å². The molecule has 1 aromatic carbocycles. The number of rotatable bonds is 5. The number of hydrogen-bond donors (Lipinski definition) is 3. The van der Waals surface area contributed by atoms with Crippen molar-refractivity contribution >= 4 is 57.5 Å². The van der Waals surface area contributed by atoms with E-state index in [0.717, 1.165) is 67.0 Å². The minimum absolute atomic E-state index is 0.359. The largest absolute Gasteiger partial charge is 0.362 e. The van der Waals surface area contributed by atoms with Gasteiger partial charge in [0.05, 0.1) is 23.1 Å². The summed E-state index contributed by atoms with van der Waals surface area (Å²) in [4.78, 5) is 11.9. The van der Waals surface area contributed by atoms with Crippen molar-refractivity contribution in [1.29, 1.82) is 0 Å². The standard InChI is InChI=1S/C23H30N8S2/c1-31(2)21-16-6-3-4-7-17(16)26-22(28-21)24-14-10-12-15(13-11-14)25-23(32)27-18-8-5-9-19-20(18)30-33-29-19/h5,8-9,14-15H,3-4,6-7,10-13H2,1-2H3,(H,24,26,28)(H2,25,27,32). The van der Waals surface area contributed by atoms with E-state index in [2.05, 4.69) is 43.7 Å². The topological polar surface area (TPSA) is 90.9 Å². The van der Waals surface area contributed by atoms with Crippen molar-refractivity contribution in [3.63, 3.8) is 0 Å². The van der Waals surface area contributed by atoms with Gasteiger partial charge >= 0.3 is 0 Å². The third-order valence-corrected chi connectivity index (χ3v) is 7.28. The molecule has 3 N–H and O–H groups in total. The monoisotopic (exact) mass is 482 g/mol. The number of aromatic nitrogens is 4. The van der Waals surface area contributed by atoms with E-state index < -0.39 is 0 Å². The average Bonchev–Trinajstić information content (AvgIpc) is 3.30. The number of thiocarbonyl (C=S) groups is 1. The summed E-state index contributed by atoms with van der Waals surface area (Å²) >= 11 is 6.79. The summed E-state index contributed by atoms with van der Waals surface area (Å²) in [6, 6.07) is 6.66. The first-order chi connectivity index (χ1) is 16.1. The summed E-state index contributed by atoms with van der Waals surface area (Å²) in [7, 11) is 4.14. The highest BCUT2D eigenvalue weighted by Crippen LogP contribution is 2.29. The second-order valence-electron chi connectivity index (χ2n) is 9.13. The first-order valence-electron chi connectivity index (χ1n) is 11.7. The van der Waals surface area contributed by atoms with Gasteiger partial charge in [0.1, 0.15) is 16.9 Å². The molecule has 33 heavy (non-hydrogen) atoms. The van der Waals surface area contributed by atoms with Gasteiger partial charge < -0.3 is 20.9 Å². The molecular weight excluding hydrogens is 452 g/mol. The molecule has 0 atom stereocenters. The molecule has 2 aliphatic carbocycles. The molecule has 0 amide bonds. The highest BCUT2D eigenvalue weighted by molar-refractivity contribution is 7.80. The Morgan fingerprint density at radius 1 is 1.03 bits per heavy atom. The van der Waals surface area contributed by atoms with Crippen molar-refractivity contribution in [2.45, 2.75) is 63.5 Å². The molecule has 0 unspecified atom stereocenters. The predicted molar refractivity (Wildman–Crippen MR) is 139 cm³/mol. The Balaban J connectivity index is 1.16. The van der Waals surface area contributed by atoms with Crippen molar-refractivity contribution < 1.29 is 0 Å². The maximum atomic E-state index is 5.58. The van der Waals surface area contributed by atoms with Crippen LogP contribution in [0.25, 0.3) is 11.0 Å². The highest BCUT2D eigenvalue weighted by Gasteiger charge is 2.24. The van der Waals surface area contributed by atoms with Crippen LogP contribution < -0.4 is 20.9 Å². The fourth-order valence-corrected chi connectivity index (χ4v) is 5.65. The van der Waals surface area contributed by atoms with Crippen molar-refractivity contribution in [2.24, 2.45) is 0 Å². The first kappa shape index (κ1) is 22.2. The van der Waals surface area contributed by atoms with Gasteiger partial charge in [0.25, 0.3) is 0 Å². The van der Waals surface area contributed by atoms with E-state index in [-0.39, 0.29) is 0 Å². The van der Waals surface area contributed by atoms with E-state index in [1.807, 2.05) is 18.2 Å². The van der Waals surface area contributed by atoms with Gasteiger partial charge in [-0.2, -0.15) is 13.7 Å². The van der Waals surface area contributed by atoms with Crippen molar-refractivity contribution in [1.82, 2.24) is 24.0 Å². The summed E-state index contributed by atoms with van der Waals surface area (Å²) in [5, 5.41) is 11.0. The Morgan fingerprint density at radius 3 is 2.64 bits per heavy atom. The van der Waals surface area contributed by atoms with E-state index in [9.17, 15) is 0 Å². The minimum Gasteiger partial charge on any atom is -0.362 e. The van der Waals surface area contributed by atoms with Crippen LogP contribution in [0.2, 0.25) is 0 Å². The van der Waals surface area contributed by atoms with Crippen LogP contribution in [0.1, 0.15) is 49.8 Å². The SMILES string of the molecule is CN(C)c1nc(NC2CCC(NC(=S)Nc3cccc4nsnc34)CC2)nc2c1CCCC2. The maximum Gasteiger partial charge on any atom is 0.225 e. The molecule has 0 aliphatic heterocycles. The highest BCUT2D eigenvalue weighted by atomic mass is 32.1. The van der Waals surface area contributed by atoms with E-state index in [4.69, 9.17) is 22.2 Å². The second kappa shape index (κ2) is 9.72. The Labute approximate surface area is 203 Å². The summed E-state index contributed by atoms with van der Waals surface area (Å²) in [6.07, 6.45) is 8.80. The first-order valence-corrected chi connectivity index (χ1v) is 12.8. The molecule has 8 nitrogen and oxygen atoms in total. The Hall–Kier alpha value is -2.59. The quantitative estimate of drug-likeness (QED) is 0.464. The van der Waals surface area contributed by atoms with E-state index in [0.29, 0.717) is 17.2 Å². The molecule has 5 rings (SSSR count). The van der Waals surface area contributed by atoms with Gasteiger partial charge in [-0.05, 0) is 75.7 Å². The molecule has 0 bridgehead atoms. The fraction of sp³-hybridized carbons (Fsp3) is 0.522. The third-order valence-electron chi connectivity index (χ3n) is 6.51. The smallest absolute Gasteiger partial charge is 0.225 e. The van der Waals surface area contributed by atoms with Crippen LogP contribution in [0.4, 0.5) is 17.5 Å². The zero-order chi connectivity index (χ0) is 22.8. The number of anilines is 3. The zero-order valence-corrected chi connectivity index (χ0v) is 20.7. The lowest BCUT2D eigenvalue weighted by Gasteiger charge is -2.31. The Morgan fingerprint density at radius 2 is 1.82 bits per heavy atom. The van der Waals surface area contributed by atoms with Gasteiger partial charge in [0.2, 0.25) is 5.95 Å². The van der Waals surface area contributed by atoms with Gasteiger partial charge in [-0.25, -0.2) is 4.98 Å². The van der Waals surface area contributed by atoms with Gasteiger partial charge in [0, 0.05) is 31.7 Å². The van der Waals surface area contributed by atoms with Crippen LogP contribution in [0.5, 0.6) is 0 Å². The minimum atomic E-state index is 0.359. The number of nitrogens with zero attached hydrogens (tertiary/aromatic N) is 5. The van der Waals surface area contributed by atoms with Crippen LogP contribution in [0, 0.1) is 0 Å². The van der Waals surface area contributed by atoms with Crippen LogP contribution in [0.3, 0.4) is 0 Å². The lowest BCUT2D eigenvalue weighted by Crippen LogP contribution is -2.42. The molecule has 1 saturated carbocycles.